The molecule has 1 N–H and O–H groups in total. The Hall–Kier alpha value is -2.64. The van der Waals surface area contributed by atoms with E-state index in [4.69, 9.17) is 9.15 Å². The van der Waals surface area contributed by atoms with Crippen molar-refractivity contribution in [3.63, 3.8) is 0 Å². The minimum atomic E-state index is -0.539. The van der Waals surface area contributed by atoms with Crippen LogP contribution in [-0.2, 0) is 16.1 Å². The van der Waals surface area contributed by atoms with Gasteiger partial charge in [-0.2, -0.15) is 0 Å². The number of anilines is 2. The highest BCUT2D eigenvalue weighted by Crippen LogP contribution is 2.28. The minimum Gasteiger partial charge on any atom is -0.461 e. The van der Waals surface area contributed by atoms with Gasteiger partial charge in [-0.1, -0.05) is 9.24 Å². The molecule has 1 unspecified atom stereocenters. The summed E-state index contributed by atoms with van der Waals surface area (Å²) in [5.41, 5.74) is 1.79. The van der Waals surface area contributed by atoms with Crippen molar-refractivity contribution in [2.45, 2.75) is 19.6 Å². The van der Waals surface area contributed by atoms with Gasteiger partial charge < -0.3 is 19.4 Å². The van der Waals surface area contributed by atoms with E-state index in [1.165, 1.54) is 17.9 Å². The van der Waals surface area contributed by atoms with Gasteiger partial charge in [0.1, 0.15) is 23.2 Å². The minimum absolute atomic E-state index is 0.191. The topological polar surface area (TPSA) is 78.3 Å². The molecule has 0 spiro atoms. The Kier molecular flexibility index (Phi) is 6.43. The monoisotopic (exact) mass is 448 g/mol. The van der Waals surface area contributed by atoms with Crippen molar-refractivity contribution in [1.29, 1.82) is 0 Å². The molecule has 0 radical (unpaired) electrons. The lowest BCUT2D eigenvalue weighted by atomic mass is 10.2. The van der Waals surface area contributed by atoms with Crippen molar-refractivity contribution in [2.24, 2.45) is 0 Å². The summed E-state index contributed by atoms with van der Waals surface area (Å²) < 4.78 is 25.8. The first-order valence-electron chi connectivity index (χ1n) is 10.2. The first kappa shape index (κ1) is 21.6. The lowest BCUT2D eigenvalue weighted by Crippen LogP contribution is -2.46. The van der Waals surface area contributed by atoms with Crippen LogP contribution in [-0.4, -0.2) is 62.3 Å². The average molecular weight is 448 g/mol. The largest absolute Gasteiger partial charge is 0.461 e. The Morgan fingerprint density at radius 1 is 1.23 bits per heavy atom. The maximum absolute atomic E-state index is 14.9. The maximum Gasteiger partial charge on any atom is 0.414 e. The number of halogens is 1. The number of ether oxygens (including phenoxy) is 1. The lowest BCUT2D eigenvalue weighted by Gasteiger charge is -2.36. The van der Waals surface area contributed by atoms with E-state index in [0.717, 1.165) is 30.9 Å². The number of amides is 2. The molecule has 4 rings (SSSR count). The molecule has 0 bridgehead atoms. The Morgan fingerprint density at radius 3 is 2.65 bits per heavy atom. The van der Waals surface area contributed by atoms with Crippen molar-refractivity contribution >= 4 is 38.1 Å². The van der Waals surface area contributed by atoms with E-state index in [2.05, 4.69) is 19.5 Å². The van der Waals surface area contributed by atoms with Gasteiger partial charge in [-0.15, -0.1) is 0 Å². The van der Waals surface area contributed by atoms with E-state index in [1.54, 1.807) is 12.1 Å². The summed E-state index contributed by atoms with van der Waals surface area (Å²) in [5.74, 6) is 0.356. The SMILES string of the molecule is CC(=O)NC[C@H]1CN(c2ccc(N3CCN(Cc4ccc(P)o4)CC3)c(F)c2)C(=O)O1. The summed E-state index contributed by atoms with van der Waals surface area (Å²) in [4.78, 5) is 28.9. The highest BCUT2D eigenvalue weighted by atomic mass is 31.0. The van der Waals surface area contributed by atoms with Gasteiger partial charge in [0.2, 0.25) is 5.91 Å². The second kappa shape index (κ2) is 9.24. The molecule has 2 amide bonds. The van der Waals surface area contributed by atoms with Crippen LogP contribution < -0.4 is 20.6 Å². The number of furan rings is 1. The standard InChI is InChI=1S/C21H26FN4O4P/c1-14(27)23-11-17-13-26(21(28)30-17)15-2-4-19(18(22)10-15)25-8-6-24(7-9-25)12-16-3-5-20(31)29-16/h2-5,10,17H,6-9,11-13,31H2,1H3,(H,23,27)/t17-/m0/s1. The molecule has 3 heterocycles. The molecular formula is C21H26FN4O4P. The third kappa shape index (κ3) is 5.17. The summed E-state index contributed by atoms with van der Waals surface area (Å²) in [6.07, 6.45) is -0.994. The average Bonchev–Trinajstić information content (AvgIpc) is 3.32. The molecule has 2 aliphatic rings. The third-order valence-corrected chi connectivity index (χ3v) is 5.78. The van der Waals surface area contributed by atoms with E-state index in [9.17, 15) is 14.0 Å². The number of carbonyl (C=O) groups is 2. The van der Waals surface area contributed by atoms with Gasteiger partial charge >= 0.3 is 6.09 Å². The van der Waals surface area contributed by atoms with Crippen molar-refractivity contribution in [2.75, 3.05) is 49.1 Å². The molecule has 1 aromatic heterocycles. The summed E-state index contributed by atoms with van der Waals surface area (Å²) in [7, 11) is 2.54. The zero-order chi connectivity index (χ0) is 22.0. The Balaban J connectivity index is 1.35. The Labute approximate surface area is 182 Å². The summed E-state index contributed by atoms with van der Waals surface area (Å²) in [6, 6.07) is 8.70. The second-order valence-electron chi connectivity index (χ2n) is 7.76. The predicted octanol–water partition coefficient (Wildman–Crippen LogP) is 1.70. The van der Waals surface area contributed by atoms with E-state index in [0.29, 0.717) is 24.5 Å². The molecule has 2 aliphatic heterocycles. The van der Waals surface area contributed by atoms with Crippen molar-refractivity contribution < 1.29 is 23.1 Å². The number of hydrogen-bond donors (Lipinski definition) is 1. The molecule has 0 aliphatic carbocycles. The van der Waals surface area contributed by atoms with Crippen LogP contribution in [0.1, 0.15) is 12.7 Å². The Morgan fingerprint density at radius 2 is 2.00 bits per heavy atom. The maximum atomic E-state index is 14.9. The van der Waals surface area contributed by atoms with Gasteiger partial charge in [-0.25, -0.2) is 9.18 Å². The molecule has 166 valence electrons. The normalized spacial score (nSPS) is 19.6. The quantitative estimate of drug-likeness (QED) is 0.678. The fraction of sp³-hybridized carbons (Fsp3) is 0.429. The summed E-state index contributed by atoms with van der Waals surface area (Å²) >= 11 is 0. The zero-order valence-electron chi connectivity index (χ0n) is 17.3. The Bertz CT molecular complexity index is 961. The van der Waals surface area contributed by atoms with Gasteiger partial charge in [0, 0.05) is 33.1 Å². The van der Waals surface area contributed by atoms with Crippen molar-refractivity contribution in [3.05, 3.63) is 41.9 Å². The van der Waals surface area contributed by atoms with Gasteiger partial charge in [0.05, 0.1) is 31.0 Å². The van der Waals surface area contributed by atoms with Gasteiger partial charge in [-0.3, -0.25) is 14.6 Å². The van der Waals surface area contributed by atoms with Crippen LogP contribution in [0.3, 0.4) is 0 Å². The van der Waals surface area contributed by atoms with E-state index in [1.807, 2.05) is 17.0 Å². The molecule has 2 atom stereocenters. The van der Waals surface area contributed by atoms with Crippen molar-refractivity contribution in [1.82, 2.24) is 10.2 Å². The number of piperazine rings is 1. The summed E-state index contributed by atoms with van der Waals surface area (Å²) in [5, 5.41) is 2.63. The van der Waals surface area contributed by atoms with Crippen LogP contribution in [0.25, 0.3) is 0 Å². The number of rotatable bonds is 6. The number of nitrogens with zero attached hydrogens (tertiary/aromatic N) is 3. The molecule has 2 fully saturated rings. The molecule has 0 saturated carbocycles. The van der Waals surface area contributed by atoms with E-state index in [-0.39, 0.29) is 24.8 Å². The second-order valence-corrected chi connectivity index (χ2v) is 8.33. The predicted molar refractivity (Wildman–Crippen MR) is 118 cm³/mol. The van der Waals surface area contributed by atoms with E-state index < -0.39 is 12.2 Å². The van der Waals surface area contributed by atoms with E-state index >= 15 is 0 Å². The van der Waals surface area contributed by atoms with Crippen LogP contribution in [0.2, 0.25) is 0 Å². The summed E-state index contributed by atoms with van der Waals surface area (Å²) in [6.45, 7) is 5.65. The third-order valence-electron chi connectivity index (χ3n) is 5.47. The fourth-order valence-electron chi connectivity index (χ4n) is 3.86. The van der Waals surface area contributed by atoms with Crippen molar-refractivity contribution in [3.8, 4) is 0 Å². The van der Waals surface area contributed by atoms with Gasteiger partial charge in [0.15, 0.2) is 0 Å². The smallest absolute Gasteiger partial charge is 0.414 e. The number of hydrogen-bond acceptors (Lipinski definition) is 6. The van der Waals surface area contributed by atoms with Gasteiger partial charge in [0.25, 0.3) is 0 Å². The first-order chi connectivity index (χ1) is 14.9. The van der Waals surface area contributed by atoms with Gasteiger partial charge in [-0.05, 0) is 30.3 Å². The molecular weight excluding hydrogens is 422 g/mol. The number of benzene rings is 1. The number of nitrogens with one attached hydrogen (secondary N) is 1. The first-order valence-corrected chi connectivity index (χ1v) is 10.8. The zero-order valence-corrected chi connectivity index (χ0v) is 18.5. The molecule has 10 heteroatoms. The van der Waals surface area contributed by atoms with Crippen LogP contribution in [0.15, 0.2) is 34.7 Å². The molecule has 2 aromatic rings. The van der Waals surface area contributed by atoms with Crippen LogP contribution in [0, 0.1) is 5.82 Å². The van der Waals surface area contributed by atoms with Crippen LogP contribution in [0.5, 0.6) is 0 Å². The lowest BCUT2D eigenvalue weighted by molar-refractivity contribution is -0.119. The van der Waals surface area contributed by atoms with Crippen LogP contribution >= 0.6 is 9.24 Å². The number of cyclic esters (lactones) is 1. The molecule has 2 saturated heterocycles. The molecule has 8 nitrogen and oxygen atoms in total. The highest BCUT2D eigenvalue weighted by Gasteiger charge is 2.33. The molecule has 31 heavy (non-hydrogen) atoms. The molecule has 1 aromatic carbocycles. The fourth-order valence-corrected chi connectivity index (χ4v) is 4.11. The van der Waals surface area contributed by atoms with Crippen LogP contribution in [0.4, 0.5) is 20.6 Å². The highest BCUT2D eigenvalue weighted by molar-refractivity contribution is 7.26. The number of carbonyl (C=O) groups excluding carboxylic acids is 2.